The van der Waals surface area contributed by atoms with E-state index in [9.17, 15) is 4.39 Å². The molecule has 1 aliphatic rings. The van der Waals surface area contributed by atoms with Crippen molar-refractivity contribution in [3.05, 3.63) is 58.4 Å². The molecule has 4 heteroatoms. The molecule has 0 saturated heterocycles. The van der Waals surface area contributed by atoms with Crippen LogP contribution in [0, 0.1) is 17.1 Å². The Balaban J connectivity index is 1.88. The van der Waals surface area contributed by atoms with Crippen LogP contribution >= 0.6 is 11.6 Å². The third kappa shape index (κ3) is 3.41. The molecule has 0 heterocycles. The highest BCUT2D eigenvalue weighted by Gasteiger charge is 2.20. The van der Waals surface area contributed by atoms with Crippen LogP contribution in [0.3, 0.4) is 0 Å². The Kier molecular flexibility index (Phi) is 3.92. The first-order valence-corrected chi connectivity index (χ1v) is 7.26. The van der Waals surface area contributed by atoms with Crippen molar-refractivity contribution in [1.29, 1.82) is 5.26 Å². The lowest BCUT2D eigenvalue weighted by Gasteiger charge is -2.09. The lowest BCUT2D eigenvalue weighted by Crippen LogP contribution is -2.15. The molecule has 3 rings (SSSR count). The van der Waals surface area contributed by atoms with E-state index in [2.05, 4.69) is 5.32 Å². The molecular weight excluding hydrogens is 287 g/mol. The zero-order chi connectivity index (χ0) is 14.8. The summed E-state index contributed by atoms with van der Waals surface area (Å²) in [7, 11) is 0. The highest BCUT2D eigenvalue weighted by molar-refractivity contribution is 6.33. The van der Waals surface area contributed by atoms with Gasteiger partial charge in [0.2, 0.25) is 0 Å². The summed E-state index contributed by atoms with van der Waals surface area (Å²) >= 11 is 6.31. The maximum Gasteiger partial charge on any atom is 0.125 e. The van der Waals surface area contributed by atoms with Crippen LogP contribution in [0.4, 0.5) is 4.39 Å². The number of benzene rings is 2. The Morgan fingerprint density at radius 3 is 2.71 bits per heavy atom. The van der Waals surface area contributed by atoms with Crippen LogP contribution in [-0.4, -0.2) is 6.04 Å². The van der Waals surface area contributed by atoms with Crippen molar-refractivity contribution in [3.63, 3.8) is 0 Å². The summed E-state index contributed by atoms with van der Waals surface area (Å²) in [4.78, 5) is 0. The second-order valence-corrected chi connectivity index (χ2v) is 5.72. The van der Waals surface area contributed by atoms with E-state index in [1.54, 1.807) is 6.07 Å². The first-order chi connectivity index (χ1) is 10.2. The maximum absolute atomic E-state index is 13.5. The third-order valence-electron chi connectivity index (χ3n) is 3.54. The average molecular weight is 301 g/mol. The summed E-state index contributed by atoms with van der Waals surface area (Å²) in [5, 5.41) is 12.9. The van der Waals surface area contributed by atoms with Crippen LogP contribution in [0.1, 0.15) is 24.0 Å². The lowest BCUT2D eigenvalue weighted by atomic mass is 10.0. The summed E-state index contributed by atoms with van der Waals surface area (Å²) in [6.07, 6.45) is 2.48. The summed E-state index contributed by atoms with van der Waals surface area (Å²) in [6.45, 7) is 0.789. The normalized spacial score (nSPS) is 14.0. The summed E-state index contributed by atoms with van der Waals surface area (Å²) in [5.41, 5.74) is 2.76. The van der Waals surface area contributed by atoms with Gasteiger partial charge in [0.15, 0.2) is 0 Å². The van der Waals surface area contributed by atoms with Crippen molar-refractivity contribution in [2.75, 3.05) is 0 Å². The number of nitriles is 1. The smallest absolute Gasteiger partial charge is 0.125 e. The molecule has 0 bridgehead atoms. The van der Waals surface area contributed by atoms with E-state index in [0.717, 1.165) is 17.7 Å². The molecule has 0 radical (unpaired) electrons. The lowest BCUT2D eigenvalue weighted by molar-refractivity contribution is 0.628. The van der Waals surface area contributed by atoms with Gasteiger partial charge in [0, 0.05) is 23.2 Å². The van der Waals surface area contributed by atoms with Crippen molar-refractivity contribution in [3.8, 4) is 17.2 Å². The molecule has 2 aromatic rings. The molecule has 1 aliphatic carbocycles. The molecule has 0 amide bonds. The fourth-order valence-corrected chi connectivity index (χ4v) is 2.57. The minimum atomic E-state index is -0.431. The van der Waals surface area contributed by atoms with E-state index in [1.807, 2.05) is 24.3 Å². The summed E-state index contributed by atoms with van der Waals surface area (Å²) in [5.74, 6) is -0.431. The molecule has 2 nitrogen and oxygen atoms in total. The van der Waals surface area contributed by atoms with Crippen molar-refractivity contribution in [2.24, 2.45) is 0 Å². The van der Waals surface area contributed by atoms with E-state index in [-0.39, 0.29) is 0 Å². The number of nitrogens with zero attached hydrogens (tertiary/aromatic N) is 1. The van der Waals surface area contributed by atoms with E-state index in [4.69, 9.17) is 16.9 Å². The SMILES string of the molecule is N#Cc1cc(F)cc(-c2ccc(CNC3CC3)cc2Cl)c1. The van der Waals surface area contributed by atoms with Gasteiger partial charge in [-0.1, -0.05) is 23.7 Å². The largest absolute Gasteiger partial charge is 0.310 e. The van der Waals surface area contributed by atoms with E-state index < -0.39 is 5.82 Å². The fourth-order valence-electron chi connectivity index (χ4n) is 2.26. The van der Waals surface area contributed by atoms with Gasteiger partial charge in [-0.25, -0.2) is 4.39 Å². The van der Waals surface area contributed by atoms with Gasteiger partial charge in [0.1, 0.15) is 5.82 Å². The van der Waals surface area contributed by atoms with Crippen molar-refractivity contribution in [2.45, 2.75) is 25.4 Å². The van der Waals surface area contributed by atoms with E-state index in [0.29, 0.717) is 22.2 Å². The van der Waals surface area contributed by atoms with Gasteiger partial charge in [-0.2, -0.15) is 5.26 Å². The zero-order valence-electron chi connectivity index (χ0n) is 11.4. The molecule has 0 aromatic heterocycles. The number of halogens is 2. The number of hydrogen-bond donors (Lipinski definition) is 1. The predicted octanol–water partition coefficient (Wildman–Crippen LogP) is 4.27. The topological polar surface area (TPSA) is 35.8 Å². The average Bonchev–Trinajstić information content (AvgIpc) is 3.28. The zero-order valence-corrected chi connectivity index (χ0v) is 12.1. The molecule has 0 unspecified atom stereocenters. The number of rotatable bonds is 4. The van der Waals surface area contributed by atoms with Gasteiger partial charge in [-0.15, -0.1) is 0 Å². The van der Waals surface area contributed by atoms with Crippen molar-refractivity contribution in [1.82, 2.24) is 5.32 Å². The molecule has 1 saturated carbocycles. The van der Waals surface area contributed by atoms with Crippen molar-refractivity contribution < 1.29 is 4.39 Å². The van der Waals surface area contributed by atoms with Gasteiger partial charge >= 0.3 is 0 Å². The highest BCUT2D eigenvalue weighted by atomic mass is 35.5. The van der Waals surface area contributed by atoms with E-state index >= 15 is 0 Å². The molecule has 1 N–H and O–H groups in total. The Morgan fingerprint density at radius 1 is 1.24 bits per heavy atom. The minimum Gasteiger partial charge on any atom is -0.310 e. The third-order valence-corrected chi connectivity index (χ3v) is 3.86. The molecule has 21 heavy (non-hydrogen) atoms. The van der Waals surface area contributed by atoms with Crippen LogP contribution < -0.4 is 5.32 Å². The maximum atomic E-state index is 13.5. The van der Waals surface area contributed by atoms with E-state index in [1.165, 1.54) is 25.0 Å². The van der Waals surface area contributed by atoms with Gasteiger partial charge in [-0.3, -0.25) is 0 Å². The second-order valence-electron chi connectivity index (χ2n) is 5.31. The van der Waals surface area contributed by atoms with Crippen molar-refractivity contribution >= 4 is 11.6 Å². The monoisotopic (exact) mass is 300 g/mol. The first kappa shape index (κ1) is 14.1. The fraction of sp³-hybridized carbons (Fsp3) is 0.235. The number of hydrogen-bond acceptors (Lipinski definition) is 2. The molecule has 0 aliphatic heterocycles. The second kappa shape index (κ2) is 5.85. The first-order valence-electron chi connectivity index (χ1n) is 6.88. The Hall–Kier alpha value is -1.89. The quantitative estimate of drug-likeness (QED) is 0.915. The molecule has 106 valence electrons. The van der Waals surface area contributed by atoms with Gasteiger partial charge in [0.25, 0.3) is 0 Å². The van der Waals surface area contributed by atoms with Gasteiger partial charge in [0.05, 0.1) is 11.6 Å². The van der Waals surface area contributed by atoms with Crippen LogP contribution in [0.5, 0.6) is 0 Å². The van der Waals surface area contributed by atoms with Crippen LogP contribution in [0.2, 0.25) is 5.02 Å². The van der Waals surface area contributed by atoms with Gasteiger partial charge < -0.3 is 5.32 Å². The molecular formula is C17H14ClFN2. The van der Waals surface area contributed by atoms with Crippen LogP contribution in [-0.2, 0) is 6.54 Å². The number of nitrogens with one attached hydrogen (secondary N) is 1. The predicted molar refractivity (Wildman–Crippen MR) is 81.4 cm³/mol. The molecule has 0 atom stereocenters. The van der Waals surface area contributed by atoms with Crippen LogP contribution in [0.25, 0.3) is 11.1 Å². The van der Waals surface area contributed by atoms with Gasteiger partial charge in [-0.05, 0) is 48.2 Å². The Labute approximate surface area is 128 Å². The summed E-state index contributed by atoms with van der Waals surface area (Å²) < 4.78 is 13.5. The summed E-state index contributed by atoms with van der Waals surface area (Å²) in [6, 6.07) is 12.6. The molecule has 2 aromatic carbocycles. The molecule has 1 fully saturated rings. The highest BCUT2D eigenvalue weighted by Crippen LogP contribution is 2.30. The minimum absolute atomic E-state index is 0.292. The Bertz CT molecular complexity index is 717. The Morgan fingerprint density at radius 2 is 2.05 bits per heavy atom. The molecule has 0 spiro atoms. The standard InChI is InChI=1S/C17H14ClFN2/c18-17-7-11(10-21-15-2-3-15)1-4-16(17)13-5-12(9-20)6-14(19)8-13/h1,4-8,15,21H,2-3,10H2. The van der Waals surface area contributed by atoms with Crippen LogP contribution in [0.15, 0.2) is 36.4 Å².